The first-order chi connectivity index (χ1) is 9.11. The van der Waals surface area contributed by atoms with E-state index in [1.54, 1.807) is 0 Å². The van der Waals surface area contributed by atoms with Gasteiger partial charge < -0.3 is 5.73 Å². The molecule has 0 aromatic heterocycles. The third kappa shape index (κ3) is 3.44. The fourth-order valence-electron chi connectivity index (χ4n) is 3.20. The Morgan fingerprint density at radius 3 is 2.84 bits per heavy atom. The van der Waals surface area contributed by atoms with Crippen LogP contribution in [0.3, 0.4) is 0 Å². The van der Waals surface area contributed by atoms with Crippen molar-refractivity contribution in [2.45, 2.75) is 39.5 Å². The highest BCUT2D eigenvalue weighted by molar-refractivity contribution is 5.98. The molecule has 0 aliphatic heterocycles. The third-order valence-corrected chi connectivity index (χ3v) is 4.15. The molecule has 1 aromatic rings. The second-order valence-corrected chi connectivity index (χ2v) is 6.20. The van der Waals surface area contributed by atoms with Crippen molar-refractivity contribution in [2.24, 2.45) is 23.5 Å². The molecule has 1 aliphatic carbocycles. The Bertz CT molecular complexity index is 439. The fraction of sp³-hybridized carbons (Fsp3) is 0.588. The minimum atomic E-state index is 0.152. The lowest BCUT2D eigenvalue weighted by atomic mass is 9.87. The molecule has 2 nitrogen and oxygen atoms in total. The van der Waals surface area contributed by atoms with Crippen molar-refractivity contribution in [3.63, 3.8) is 0 Å². The Labute approximate surface area is 116 Å². The summed E-state index contributed by atoms with van der Waals surface area (Å²) in [4.78, 5) is 12.6. The maximum absolute atomic E-state index is 12.6. The third-order valence-electron chi connectivity index (χ3n) is 4.15. The topological polar surface area (TPSA) is 43.1 Å². The van der Waals surface area contributed by atoms with E-state index in [1.807, 2.05) is 12.1 Å². The molecule has 1 fully saturated rings. The summed E-state index contributed by atoms with van der Waals surface area (Å²) in [6, 6.07) is 8.16. The minimum Gasteiger partial charge on any atom is -0.330 e. The van der Waals surface area contributed by atoms with Gasteiger partial charge in [0.15, 0.2) is 5.78 Å². The number of rotatable bonds is 5. The van der Waals surface area contributed by atoms with Gasteiger partial charge in [0, 0.05) is 11.5 Å². The van der Waals surface area contributed by atoms with Gasteiger partial charge in [-0.3, -0.25) is 4.79 Å². The van der Waals surface area contributed by atoms with Crippen LogP contribution in [0.1, 0.15) is 49.0 Å². The van der Waals surface area contributed by atoms with Gasteiger partial charge >= 0.3 is 0 Å². The normalized spacial score (nSPS) is 22.9. The minimum absolute atomic E-state index is 0.152. The van der Waals surface area contributed by atoms with Crippen molar-refractivity contribution in [1.82, 2.24) is 0 Å². The molecule has 2 unspecified atom stereocenters. The zero-order valence-corrected chi connectivity index (χ0v) is 12.1. The molecule has 0 heterocycles. The molecule has 1 saturated carbocycles. The van der Waals surface area contributed by atoms with E-state index >= 15 is 0 Å². The number of Topliss-reactive ketones (excluding diaryl/α,β-unsaturated/α-hetero) is 1. The van der Waals surface area contributed by atoms with Crippen LogP contribution in [0.5, 0.6) is 0 Å². The van der Waals surface area contributed by atoms with E-state index in [-0.39, 0.29) is 5.92 Å². The van der Waals surface area contributed by atoms with Crippen molar-refractivity contribution in [3.8, 4) is 0 Å². The van der Waals surface area contributed by atoms with Crippen molar-refractivity contribution < 1.29 is 4.79 Å². The van der Waals surface area contributed by atoms with Crippen LogP contribution < -0.4 is 5.73 Å². The lowest BCUT2D eigenvalue weighted by Gasteiger charge is -2.17. The van der Waals surface area contributed by atoms with Gasteiger partial charge in [-0.15, -0.1) is 0 Å². The summed E-state index contributed by atoms with van der Waals surface area (Å²) in [5.74, 6) is 1.47. The summed E-state index contributed by atoms with van der Waals surface area (Å²) in [7, 11) is 0. The first-order valence-electron chi connectivity index (χ1n) is 7.45. The average molecular weight is 259 g/mol. The van der Waals surface area contributed by atoms with E-state index in [4.69, 9.17) is 5.73 Å². The molecule has 1 aliphatic rings. The van der Waals surface area contributed by atoms with Gasteiger partial charge in [0.1, 0.15) is 0 Å². The van der Waals surface area contributed by atoms with Crippen LogP contribution in [0.15, 0.2) is 24.3 Å². The molecule has 2 heteroatoms. The Morgan fingerprint density at radius 1 is 1.37 bits per heavy atom. The molecule has 0 spiro atoms. The smallest absolute Gasteiger partial charge is 0.166 e. The molecular formula is C17H25NO. The predicted octanol–water partition coefficient (Wildman–Crippen LogP) is 3.44. The van der Waals surface area contributed by atoms with Gasteiger partial charge in [0.2, 0.25) is 0 Å². The summed E-state index contributed by atoms with van der Waals surface area (Å²) >= 11 is 0. The van der Waals surface area contributed by atoms with E-state index in [2.05, 4.69) is 26.0 Å². The van der Waals surface area contributed by atoms with Gasteiger partial charge in [-0.05, 0) is 49.3 Å². The Morgan fingerprint density at radius 2 is 2.16 bits per heavy atom. The summed E-state index contributed by atoms with van der Waals surface area (Å²) in [5.41, 5.74) is 7.93. The monoisotopic (exact) mass is 259 g/mol. The molecular weight excluding hydrogens is 234 g/mol. The number of hydrogen-bond donors (Lipinski definition) is 1. The zero-order chi connectivity index (χ0) is 13.8. The number of ketones is 1. The molecule has 0 bridgehead atoms. The van der Waals surface area contributed by atoms with Gasteiger partial charge in [-0.2, -0.15) is 0 Å². The highest BCUT2D eigenvalue weighted by Gasteiger charge is 2.32. The Hall–Kier alpha value is -1.15. The molecule has 1 aromatic carbocycles. The number of benzene rings is 1. The van der Waals surface area contributed by atoms with Gasteiger partial charge in [-0.1, -0.05) is 38.5 Å². The van der Waals surface area contributed by atoms with Crippen LogP contribution in [0.4, 0.5) is 0 Å². The van der Waals surface area contributed by atoms with Crippen LogP contribution in [0.25, 0.3) is 0 Å². The molecule has 104 valence electrons. The predicted molar refractivity (Wildman–Crippen MR) is 79.2 cm³/mol. The van der Waals surface area contributed by atoms with E-state index in [9.17, 15) is 4.79 Å². The van der Waals surface area contributed by atoms with Crippen LogP contribution in [0, 0.1) is 17.8 Å². The van der Waals surface area contributed by atoms with E-state index in [1.165, 1.54) is 5.56 Å². The van der Waals surface area contributed by atoms with E-state index < -0.39 is 0 Å². The quantitative estimate of drug-likeness (QED) is 0.823. The molecule has 0 saturated heterocycles. The second-order valence-electron chi connectivity index (χ2n) is 6.20. The molecule has 2 atom stereocenters. The van der Waals surface area contributed by atoms with E-state index in [0.717, 1.165) is 31.2 Å². The standard InChI is InChI=1S/C17H25NO/c1-12(2)9-13-5-3-6-14(10-13)17(19)16-8-4-7-15(16)11-18/h3,5-6,10,12,15-16H,4,7-9,11,18H2,1-2H3. The summed E-state index contributed by atoms with van der Waals surface area (Å²) in [5, 5.41) is 0. The van der Waals surface area contributed by atoms with Gasteiger partial charge in [0.25, 0.3) is 0 Å². The molecule has 0 amide bonds. The maximum atomic E-state index is 12.6. The molecule has 2 rings (SSSR count). The van der Waals surface area contributed by atoms with Crippen LogP contribution in [-0.4, -0.2) is 12.3 Å². The first kappa shape index (κ1) is 14.3. The van der Waals surface area contributed by atoms with Crippen LogP contribution >= 0.6 is 0 Å². The second kappa shape index (κ2) is 6.33. The molecule has 2 N–H and O–H groups in total. The number of carbonyl (C=O) groups is 1. The molecule has 0 radical (unpaired) electrons. The van der Waals surface area contributed by atoms with Crippen molar-refractivity contribution in [2.75, 3.05) is 6.54 Å². The average Bonchev–Trinajstić information content (AvgIpc) is 2.85. The first-order valence-corrected chi connectivity index (χ1v) is 7.45. The van der Waals surface area contributed by atoms with Crippen LogP contribution in [-0.2, 0) is 6.42 Å². The summed E-state index contributed by atoms with van der Waals surface area (Å²) < 4.78 is 0. The van der Waals surface area contributed by atoms with E-state index in [0.29, 0.717) is 24.2 Å². The van der Waals surface area contributed by atoms with Crippen LogP contribution in [0.2, 0.25) is 0 Å². The van der Waals surface area contributed by atoms with Gasteiger partial charge in [0.05, 0.1) is 0 Å². The molecule has 19 heavy (non-hydrogen) atoms. The Balaban J connectivity index is 2.14. The lowest BCUT2D eigenvalue weighted by molar-refractivity contribution is 0.0893. The highest BCUT2D eigenvalue weighted by Crippen LogP contribution is 2.33. The van der Waals surface area contributed by atoms with Crippen molar-refractivity contribution >= 4 is 5.78 Å². The number of nitrogens with two attached hydrogens (primary N) is 1. The largest absolute Gasteiger partial charge is 0.330 e. The number of hydrogen-bond acceptors (Lipinski definition) is 2. The van der Waals surface area contributed by atoms with Crippen molar-refractivity contribution in [1.29, 1.82) is 0 Å². The summed E-state index contributed by atoms with van der Waals surface area (Å²) in [6.07, 6.45) is 4.30. The number of carbonyl (C=O) groups excluding carboxylic acids is 1. The van der Waals surface area contributed by atoms with Gasteiger partial charge in [-0.25, -0.2) is 0 Å². The Kier molecular flexibility index (Phi) is 4.76. The van der Waals surface area contributed by atoms with Crippen molar-refractivity contribution in [3.05, 3.63) is 35.4 Å². The maximum Gasteiger partial charge on any atom is 0.166 e. The highest BCUT2D eigenvalue weighted by atomic mass is 16.1. The lowest BCUT2D eigenvalue weighted by Crippen LogP contribution is -2.25. The zero-order valence-electron chi connectivity index (χ0n) is 12.1. The summed E-state index contributed by atoms with van der Waals surface area (Å²) in [6.45, 7) is 5.05. The SMILES string of the molecule is CC(C)Cc1cccc(C(=O)C2CCCC2CN)c1. The fourth-order valence-corrected chi connectivity index (χ4v) is 3.20.